The first-order valence-electron chi connectivity index (χ1n) is 14.2. The molecule has 42 heavy (non-hydrogen) atoms. The van der Waals surface area contributed by atoms with Gasteiger partial charge in [-0.15, -0.1) is 0 Å². The number of fused-ring (bicyclic) bond motifs is 1. The molecule has 9 heteroatoms. The van der Waals surface area contributed by atoms with Crippen LogP contribution in [0.4, 0.5) is 0 Å². The van der Waals surface area contributed by atoms with E-state index in [4.69, 9.17) is 18.9 Å². The number of aromatic nitrogens is 3. The Kier molecular flexibility index (Phi) is 7.36. The van der Waals surface area contributed by atoms with Crippen LogP contribution in [-0.4, -0.2) is 52.4 Å². The fourth-order valence-electron chi connectivity index (χ4n) is 6.21. The topological polar surface area (TPSA) is 98.8 Å². The summed E-state index contributed by atoms with van der Waals surface area (Å²) >= 11 is 0. The normalized spacial score (nSPS) is 20.1. The zero-order chi connectivity index (χ0) is 29.4. The van der Waals surface area contributed by atoms with Crippen molar-refractivity contribution in [2.24, 2.45) is 0 Å². The van der Waals surface area contributed by atoms with Gasteiger partial charge in [-0.1, -0.05) is 6.07 Å². The first-order valence-corrected chi connectivity index (χ1v) is 14.2. The van der Waals surface area contributed by atoms with Crippen molar-refractivity contribution >= 4 is 22.6 Å². The van der Waals surface area contributed by atoms with Gasteiger partial charge in [-0.2, -0.15) is 0 Å². The summed E-state index contributed by atoms with van der Waals surface area (Å²) < 4.78 is 22.8. The largest absolute Gasteiger partial charge is 0.496 e. The van der Waals surface area contributed by atoms with Gasteiger partial charge in [0.2, 0.25) is 5.79 Å². The van der Waals surface area contributed by atoms with Crippen molar-refractivity contribution in [2.45, 2.75) is 57.9 Å². The summed E-state index contributed by atoms with van der Waals surface area (Å²) in [5.74, 6) is 0.365. The van der Waals surface area contributed by atoms with Crippen molar-refractivity contribution in [2.75, 3.05) is 20.8 Å². The molecule has 1 N–H and O–H groups in total. The Morgan fingerprint density at radius 2 is 2.05 bits per heavy atom. The lowest BCUT2D eigenvalue weighted by Gasteiger charge is -2.40. The molecular weight excluding hydrogens is 532 g/mol. The summed E-state index contributed by atoms with van der Waals surface area (Å²) in [6.45, 7) is 7.30. The smallest absolute Gasteiger partial charge is 0.338 e. The number of hydrogen-bond acceptors (Lipinski definition) is 8. The number of esters is 1. The van der Waals surface area contributed by atoms with E-state index >= 15 is 0 Å². The van der Waals surface area contributed by atoms with Gasteiger partial charge in [-0.25, -0.2) is 4.79 Å². The van der Waals surface area contributed by atoms with E-state index in [2.05, 4.69) is 38.9 Å². The highest BCUT2D eigenvalue weighted by Gasteiger charge is 2.35. The van der Waals surface area contributed by atoms with Crippen LogP contribution < -0.4 is 4.74 Å². The summed E-state index contributed by atoms with van der Waals surface area (Å²) in [7, 11) is 3.11. The predicted molar refractivity (Wildman–Crippen MR) is 159 cm³/mol. The third-order valence-electron chi connectivity index (χ3n) is 8.31. The van der Waals surface area contributed by atoms with Crippen LogP contribution in [-0.2, 0) is 20.8 Å². The molecule has 2 atom stereocenters. The molecule has 0 aliphatic carbocycles. The maximum absolute atomic E-state index is 12.8. The molecule has 218 valence electrons. The number of likely N-dealkylation sites (tertiary alicyclic amines) is 1. The highest BCUT2D eigenvalue weighted by molar-refractivity contribution is 5.95. The number of hydrogen-bond donors (Lipinski definition) is 1. The predicted octanol–water partition coefficient (Wildman–Crippen LogP) is 6.26. The van der Waals surface area contributed by atoms with Crippen molar-refractivity contribution < 1.29 is 23.7 Å². The SMILES string of the molecule is COC(=O)c1ccc([C@@H]2C[C@@H](c3cnccn3)CCN2Cc2c(OC)cc(C)c3[nH]ccc23)cc1C1=COC(C)(C)O1. The van der Waals surface area contributed by atoms with Gasteiger partial charge in [-0.05, 0) is 61.7 Å². The number of methoxy groups -OCH3 is 2. The van der Waals surface area contributed by atoms with Crippen LogP contribution in [0.1, 0.15) is 77.0 Å². The van der Waals surface area contributed by atoms with E-state index in [9.17, 15) is 4.79 Å². The van der Waals surface area contributed by atoms with Gasteiger partial charge in [-0.3, -0.25) is 14.9 Å². The molecule has 4 aromatic rings. The van der Waals surface area contributed by atoms with Crippen molar-refractivity contribution in [3.8, 4) is 5.75 Å². The Morgan fingerprint density at radius 3 is 2.76 bits per heavy atom. The number of nitrogens with zero attached hydrogens (tertiary/aromatic N) is 3. The molecule has 6 rings (SSSR count). The summed E-state index contributed by atoms with van der Waals surface area (Å²) in [6, 6.07) is 10.1. The van der Waals surface area contributed by atoms with Crippen molar-refractivity contribution in [3.05, 3.63) is 94.9 Å². The summed E-state index contributed by atoms with van der Waals surface area (Å²) in [5, 5.41) is 1.16. The number of H-pyrrole nitrogens is 1. The highest BCUT2D eigenvalue weighted by atomic mass is 16.7. The third kappa shape index (κ3) is 5.20. The summed E-state index contributed by atoms with van der Waals surface area (Å²) in [4.78, 5) is 27.7. The summed E-state index contributed by atoms with van der Waals surface area (Å²) in [5.41, 5.74) is 6.54. The molecule has 0 amide bonds. The van der Waals surface area contributed by atoms with E-state index in [1.165, 1.54) is 7.11 Å². The second-order valence-electron chi connectivity index (χ2n) is 11.4. The highest BCUT2D eigenvalue weighted by Crippen LogP contribution is 2.43. The molecule has 2 aromatic heterocycles. The molecule has 0 radical (unpaired) electrons. The minimum Gasteiger partial charge on any atom is -0.496 e. The van der Waals surface area contributed by atoms with Gasteiger partial charge in [0, 0.05) is 79.2 Å². The Balaban J connectivity index is 1.43. The van der Waals surface area contributed by atoms with Gasteiger partial charge in [0.1, 0.15) is 12.0 Å². The van der Waals surface area contributed by atoms with E-state index in [1.807, 2.05) is 44.4 Å². The van der Waals surface area contributed by atoms with Crippen LogP contribution in [0.15, 0.2) is 61.4 Å². The molecule has 1 fully saturated rings. The third-order valence-corrected chi connectivity index (χ3v) is 8.31. The minimum absolute atomic E-state index is 0.0205. The standard InChI is InChI=1S/C33H36N4O5/c1-20-14-29(39-4)26(23-8-10-36-31(20)23)18-37-13-9-21(27-17-34-11-12-35-27)16-28(37)22-6-7-24(32(38)40-5)25(15-22)30-19-41-33(2,3)42-30/h6-8,10-12,14-15,17,19,21,28,36H,9,13,16,18H2,1-5H3/t21-,28-/m0/s1. The van der Waals surface area contributed by atoms with E-state index in [0.717, 1.165) is 58.4 Å². The number of aryl methyl sites for hydroxylation is 1. The number of ether oxygens (including phenoxy) is 4. The Morgan fingerprint density at radius 1 is 1.19 bits per heavy atom. The van der Waals surface area contributed by atoms with E-state index in [1.54, 1.807) is 25.8 Å². The molecular formula is C33H36N4O5. The number of rotatable bonds is 7. The zero-order valence-electron chi connectivity index (χ0n) is 24.6. The Bertz CT molecular complexity index is 1650. The van der Waals surface area contributed by atoms with Gasteiger partial charge >= 0.3 is 5.97 Å². The molecule has 0 bridgehead atoms. The van der Waals surface area contributed by atoms with Gasteiger partial charge < -0.3 is 23.9 Å². The average Bonchev–Trinajstić information content (AvgIpc) is 3.65. The fraction of sp³-hybridized carbons (Fsp3) is 0.364. The van der Waals surface area contributed by atoms with Crippen LogP contribution in [0.3, 0.4) is 0 Å². The molecule has 9 nitrogen and oxygen atoms in total. The number of benzene rings is 2. The maximum atomic E-state index is 12.8. The molecule has 1 saturated heterocycles. The number of piperidine rings is 1. The van der Waals surface area contributed by atoms with Crippen LogP contribution >= 0.6 is 0 Å². The minimum atomic E-state index is -0.823. The van der Waals surface area contributed by atoms with Crippen LogP contribution in [0.25, 0.3) is 16.7 Å². The number of carbonyl (C=O) groups excluding carboxylic acids is 1. The quantitative estimate of drug-likeness (QED) is 0.261. The lowest BCUT2D eigenvalue weighted by molar-refractivity contribution is -0.102. The van der Waals surface area contributed by atoms with Gasteiger partial charge in [0.25, 0.3) is 0 Å². The Labute approximate surface area is 245 Å². The van der Waals surface area contributed by atoms with Crippen molar-refractivity contribution in [1.29, 1.82) is 0 Å². The van der Waals surface area contributed by atoms with Crippen molar-refractivity contribution in [1.82, 2.24) is 19.9 Å². The second kappa shape index (κ2) is 11.1. The molecule has 0 unspecified atom stereocenters. The molecule has 2 aliphatic heterocycles. The second-order valence-corrected chi connectivity index (χ2v) is 11.4. The fourth-order valence-corrected chi connectivity index (χ4v) is 6.21. The molecule has 0 saturated carbocycles. The molecule has 2 aliphatic rings. The van der Waals surface area contributed by atoms with Crippen LogP contribution in [0.5, 0.6) is 5.75 Å². The van der Waals surface area contributed by atoms with E-state index in [-0.39, 0.29) is 12.0 Å². The lowest BCUT2D eigenvalue weighted by Crippen LogP contribution is -2.36. The molecule has 0 spiro atoms. The number of carbonyl (C=O) groups is 1. The first kappa shape index (κ1) is 27.8. The monoisotopic (exact) mass is 568 g/mol. The molecule has 4 heterocycles. The molecule has 2 aromatic carbocycles. The summed E-state index contributed by atoms with van der Waals surface area (Å²) in [6.07, 6.45) is 10.7. The van der Waals surface area contributed by atoms with E-state index < -0.39 is 11.8 Å². The number of aromatic amines is 1. The Hall–Kier alpha value is -4.37. The lowest BCUT2D eigenvalue weighted by atomic mass is 9.84. The zero-order valence-corrected chi connectivity index (χ0v) is 24.6. The maximum Gasteiger partial charge on any atom is 0.338 e. The number of nitrogens with one attached hydrogen (secondary N) is 1. The average molecular weight is 569 g/mol. The van der Waals surface area contributed by atoms with E-state index in [0.29, 0.717) is 23.4 Å². The van der Waals surface area contributed by atoms with Gasteiger partial charge in [0.15, 0.2) is 5.76 Å². The van der Waals surface area contributed by atoms with Crippen molar-refractivity contribution in [3.63, 3.8) is 0 Å². The van der Waals surface area contributed by atoms with Crippen LogP contribution in [0.2, 0.25) is 0 Å². The van der Waals surface area contributed by atoms with Crippen LogP contribution in [0, 0.1) is 6.92 Å². The first-order chi connectivity index (χ1) is 20.3. The van der Waals surface area contributed by atoms with Gasteiger partial charge in [0.05, 0.1) is 25.5 Å².